The van der Waals surface area contributed by atoms with Crippen LogP contribution in [0.1, 0.15) is 120 Å². The number of unbranched alkanes of at least 4 members (excludes halogenated alkanes) is 3. The Morgan fingerprint density at radius 3 is 2.14 bits per heavy atom. The molecule has 0 saturated carbocycles. The Labute approximate surface area is 422 Å². The standard InChI is InChI=1S/C53H85N7O11/c1-15-34(5)45-48(63)56-39(10)52(67)71-46(35(6)16-2)37(8)42(70-53(68)58(12)29-23-18-17-22-28-54-11)27-26-36(7)51(66)69-43(30-33(3)4)47(62)55-38(9)49(64)60(14)41(31-40-24-20-19-21-25-40)50(65)59(13)32-44(61)57-45/h16,19-21,24-26,33-34,37-39,41-43,45-46,54H,15,17-18,22-23,27-32H2,1-14H3,(H,55,62)(H,56,63)(H,57,61)/b35-16+,36-26+/t34?,37-,38-,39+,41+,42-,43+,45-,46+/m0/s1. The van der Waals surface area contributed by atoms with Crippen molar-refractivity contribution < 1.29 is 52.6 Å². The van der Waals surface area contributed by atoms with Gasteiger partial charge in [-0.15, -0.1) is 0 Å². The largest absolute Gasteiger partial charge is 0.456 e. The number of benzene rings is 1. The van der Waals surface area contributed by atoms with E-state index < -0.39 is 108 Å². The van der Waals surface area contributed by atoms with Gasteiger partial charge in [0.1, 0.15) is 36.4 Å². The van der Waals surface area contributed by atoms with E-state index in [1.165, 1.54) is 49.6 Å². The minimum absolute atomic E-state index is 0.0176. The minimum Gasteiger partial charge on any atom is -0.456 e. The summed E-state index contributed by atoms with van der Waals surface area (Å²) in [7, 11) is 6.40. The predicted molar refractivity (Wildman–Crippen MR) is 272 cm³/mol. The zero-order chi connectivity index (χ0) is 53.5. The lowest BCUT2D eigenvalue weighted by Gasteiger charge is -2.33. The molecule has 9 atom stereocenters. The van der Waals surface area contributed by atoms with Gasteiger partial charge >= 0.3 is 18.0 Å². The lowest BCUT2D eigenvalue weighted by Crippen LogP contribution is -2.57. The van der Waals surface area contributed by atoms with Gasteiger partial charge in [0.2, 0.25) is 23.6 Å². The van der Waals surface area contributed by atoms with Crippen molar-refractivity contribution in [2.75, 3.05) is 47.8 Å². The molecule has 2 rings (SSSR count). The Hall–Kier alpha value is -5.78. The molecule has 1 aliphatic rings. The number of esters is 2. The number of ether oxygens (including phenoxy) is 3. The average Bonchev–Trinajstić information content (AvgIpc) is 3.33. The fraction of sp³-hybridized carbons (Fsp3) is 0.660. The van der Waals surface area contributed by atoms with E-state index in [-0.39, 0.29) is 30.8 Å². The Balaban J connectivity index is 2.70. The van der Waals surface area contributed by atoms with Crippen LogP contribution < -0.4 is 21.3 Å². The van der Waals surface area contributed by atoms with E-state index in [0.29, 0.717) is 18.5 Å². The van der Waals surface area contributed by atoms with E-state index in [4.69, 9.17) is 14.2 Å². The number of rotatable bonds is 15. The number of hydrogen-bond acceptors (Lipinski definition) is 12. The summed E-state index contributed by atoms with van der Waals surface area (Å²) < 4.78 is 18.1. The highest BCUT2D eigenvalue weighted by Gasteiger charge is 2.38. The zero-order valence-corrected chi connectivity index (χ0v) is 44.9. The van der Waals surface area contributed by atoms with Gasteiger partial charge in [-0.3, -0.25) is 24.0 Å². The molecule has 1 unspecified atom stereocenters. The fourth-order valence-corrected chi connectivity index (χ4v) is 8.01. The van der Waals surface area contributed by atoms with Crippen molar-refractivity contribution in [3.05, 3.63) is 59.2 Å². The molecule has 71 heavy (non-hydrogen) atoms. The van der Waals surface area contributed by atoms with Crippen molar-refractivity contribution in [1.82, 2.24) is 36.0 Å². The maximum absolute atomic E-state index is 14.3. The number of likely N-dealkylation sites (N-methyl/N-ethyl adjacent to an activating group) is 2. The first-order valence-corrected chi connectivity index (χ1v) is 25.2. The predicted octanol–water partition coefficient (Wildman–Crippen LogP) is 5.09. The van der Waals surface area contributed by atoms with Crippen molar-refractivity contribution in [3.63, 3.8) is 0 Å². The summed E-state index contributed by atoms with van der Waals surface area (Å²) in [6.07, 6.45) is 3.79. The van der Waals surface area contributed by atoms with E-state index in [1.54, 1.807) is 71.2 Å². The summed E-state index contributed by atoms with van der Waals surface area (Å²) in [5.41, 5.74) is 1.47. The fourth-order valence-electron chi connectivity index (χ4n) is 8.01. The molecule has 1 heterocycles. The molecule has 6 amide bonds. The van der Waals surface area contributed by atoms with Crippen LogP contribution in [0.4, 0.5) is 4.79 Å². The second-order valence-corrected chi connectivity index (χ2v) is 19.5. The molecule has 1 aliphatic heterocycles. The molecule has 0 aromatic heterocycles. The molecule has 18 nitrogen and oxygen atoms in total. The zero-order valence-electron chi connectivity index (χ0n) is 44.9. The van der Waals surface area contributed by atoms with Crippen LogP contribution in [0.25, 0.3) is 0 Å². The topological polar surface area (TPSA) is 222 Å². The van der Waals surface area contributed by atoms with Gasteiger partial charge < -0.3 is 50.2 Å². The SMILES string of the molecule is C/C=C(\C)[C@H]1OC(=O)[C@@H](C)NC(=O)[C@H](C(C)CC)NC(=O)CN(C)C(=O)[C@@H](Cc2ccccc2)N(C)C(=O)[C@H](C)NC(=O)[C@@H](CC(C)C)OC(=O)/C(C)=C/C[C@H](OC(=O)N(C)CCCCCCNC)[C@@H]1C. The Bertz CT molecular complexity index is 1990. The normalized spacial score (nSPS) is 25.8. The second kappa shape index (κ2) is 30.8. The van der Waals surface area contributed by atoms with Crippen LogP contribution in [0, 0.1) is 17.8 Å². The van der Waals surface area contributed by atoms with E-state index in [0.717, 1.165) is 37.8 Å². The third kappa shape index (κ3) is 20.1. The lowest BCUT2D eigenvalue weighted by atomic mass is 9.90. The van der Waals surface area contributed by atoms with Crippen LogP contribution in [0.3, 0.4) is 0 Å². The first-order valence-electron chi connectivity index (χ1n) is 25.2. The summed E-state index contributed by atoms with van der Waals surface area (Å²) in [5.74, 6) is -6.05. The molecule has 398 valence electrons. The number of cyclic esters (lactones) is 2. The summed E-state index contributed by atoms with van der Waals surface area (Å²) >= 11 is 0. The molecule has 1 aromatic rings. The highest BCUT2D eigenvalue weighted by molar-refractivity contribution is 5.96. The maximum atomic E-state index is 14.3. The van der Waals surface area contributed by atoms with Crippen LogP contribution in [0.5, 0.6) is 0 Å². The van der Waals surface area contributed by atoms with Crippen LogP contribution in [-0.2, 0) is 54.2 Å². The highest BCUT2D eigenvalue weighted by atomic mass is 16.6. The van der Waals surface area contributed by atoms with Crippen molar-refractivity contribution in [3.8, 4) is 0 Å². The molecule has 18 heteroatoms. The number of allylic oxidation sites excluding steroid dienone is 1. The number of carbonyl (C=O) groups excluding carboxylic acids is 8. The molecule has 1 aromatic carbocycles. The number of nitrogens with one attached hydrogen (secondary N) is 4. The molecule has 0 aliphatic carbocycles. The number of hydrogen-bond donors (Lipinski definition) is 4. The quantitative estimate of drug-likeness (QED) is 0.0781. The molecule has 0 fully saturated rings. The van der Waals surface area contributed by atoms with Gasteiger partial charge in [-0.2, -0.15) is 0 Å². The van der Waals surface area contributed by atoms with Gasteiger partial charge in [0.15, 0.2) is 6.10 Å². The first-order chi connectivity index (χ1) is 33.5. The summed E-state index contributed by atoms with van der Waals surface area (Å²) in [5, 5.41) is 11.3. The maximum Gasteiger partial charge on any atom is 0.409 e. The van der Waals surface area contributed by atoms with Crippen LogP contribution in [0.2, 0.25) is 0 Å². The van der Waals surface area contributed by atoms with Gasteiger partial charge in [-0.05, 0) is 90.4 Å². The highest BCUT2D eigenvalue weighted by Crippen LogP contribution is 2.27. The average molecular weight is 996 g/mol. The minimum atomic E-state index is -1.31. The monoisotopic (exact) mass is 996 g/mol. The van der Waals surface area contributed by atoms with E-state index in [2.05, 4.69) is 21.3 Å². The molecule has 0 spiro atoms. The van der Waals surface area contributed by atoms with Crippen LogP contribution in [-0.4, -0.2) is 153 Å². The summed E-state index contributed by atoms with van der Waals surface area (Å²) in [4.78, 5) is 115. The van der Waals surface area contributed by atoms with Crippen molar-refractivity contribution in [1.29, 1.82) is 0 Å². The van der Waals surface area contributed by atoms with Gasteiger partial charge in [-0.1, -0.05) is 96.4 Å². The Kier molecular flexibility index (Phi) is 26.6. The van der Waals surface area contributed by atoms with Crippen molar-refractivity contribution in [2.24, 2.45) is 17.8 Å². The van der Waals surface area contributed by atoms with Crippen molar-refractivity contribution >= 4 is 47.6 Å². The molecule has 4 N–H and O–H groups in total. The molecule has 0 saturated heterocycles. The summed E-state index contributed by atoms with van der Waals surface area (Å²) in [6.45, 7) is 17.9. The van der Waals surface area contributed by atoms with E-state index in [1.807, 2.05) is 33.9 Å². The molecule has 0 radical (unpaired) electrons. The van der Waals surface area contributed by atoms with E-state index >= 15 is 0 Å². The van der Waals surface area contributed by atoms with Gasteiger partial charge in [0, 0.05) is 52.0 Å². The van der Waals surface area contributed by atoms with Gasteiger partial charge in [0.25, 0.3) is 5.91 Å². The number of nitrogens with zero attached hydrogens (tertiary/aromatic N) is 3. The molecular formula is C53H85N7O11. The summed E-state index contributed by atoms with van der Waals surface area (Å²) in [6, 6.07) is 4.40. The number of carbonyl (C=O) groups is 8. The molecular weight excluding hydrogens is 911 g/mol. The third-order valence-corrected chi connectivity index (χ3v) is 13.0. The third-order valence-electron chi connectivity index (χ3n) is 13.0. The Morgan fingerprint density at radius 2 is 1.54 bits per heavy atom. The van der Waals surface area contributed by atoms with Crippen LogP contribution >= 0.6 is 0 Å². The molecule has 0 bridgehead atoms. The van der Waals surface area contributed by atoms with Gasteiger partial charge in [0.05, 0.1) is 6.54 Å². The van der Waals surface area contributed by atoms with Gasteiger partial charge in [-0.25, -0.2) is 14.4 Å². The second-order valence-electron chi connectivity index (χ2n) is 19.5. The Morgan fingerprint density at radius 1 is 0.901 bits per heavy atom. The van der Waals surface area contributed by atoms with Crippen LogP contribution in [0.15, 0.2) is 53.6 Å². The number of amides is 6. The lowest BCUT2D eigenvalue weighted by molar-refractivity contribution is -0.155. The van der Waals surface area contributed by atoms with Crippen molar-refractivity contribution in [2.45, 2.75) is 163 Å². The van der Waals surface area contributed by atoms with E-state index in [9.17, 15) is 38.4 Å². The first kappa shape index (κ1) is 61.3. The smallest absolute Gasteiger partial charge is 0.409 e.